The van der Waals surface area contributed by atoms with Crippen LogP contribution in [0.4, 0.5) is 11.4 Å². The van der Waals surface area contributed by atoms with E-state index in [1.807, 2.05) is 25.1 Å². The Morgan fingerprint density at radius 1 is 1.00 bits per heavy atom. The predicted octanol–water partition coefficient (Wildman–Crippen LogP) is 4.51. The number of hydrogen-bond donors (Lipinski definition) is 1. The SMILES string of the molecule is CCc1cc(OC)c(OC)cc1C(=O)Nc1ccc(N2CCCCC2)cc1. The summed E-state index contributed by atoms with van der Waals surface area (Å²) in [5, 5.41) is 3.00. The average Bonchev–Trinajstić information content (AvgIpc) is 2.73. The fourth-order valence-electron chi connectivity index (χ4n) is 3.53. The Kier molecular flexibility index (Phi) is 6.22. The third kappa shape index (κ3) is 4.35. The lowest BCUT2D eigenvalue weighted by molar-refractivity contribution is 0.102. The van der Waals surface area contributed by atoms with Gasteiger partial charge in [-0.1, -0.05) is 6.92 Å². The quantitative estimate of drug-likeness (QED) is 0.815. The van der Waals surface area contributed by atoms with Gasteiger partial charge in [0.25, 0.3) is 5.91 Å². The number of piperidine rings is 1. The molecule has 5 heteroatoms. The Balaban J connectivity index is 1.76. The van der Waals surface area contributed by atoms with Crippen LogP contribution in [-0.4, -0.2) is 33.2 Å². The van der Waals surface area contributed by atoms with E-state index in [2.05, 4.69) is 22.3 Å². The third-order valence-corrected chi connectivity index (χ3v) is 5.08. The van der Waals surface area contributed by atoms with Crippen LogP contribution in [0.25, 0.3) is 0 Å². The van der Waals surface area contributed by atoms with Crippen LogP contribution in [0.2, 0.25) is 0 Å². The molecule has 144 valence electrons. The van der Waals surface area contributed by atoms with Gasteiger partial charge in [-0.2, -0.15) is 0 Å². The van der Waals surface area contributed by atoms with Crippen molar-refractivity contribution in [1.82, 2.24) is 0 Å². The molecule has 2 aromatic rings. The van der Waals surface area contributed by atoms with Crippen molar-refractivity contribution < 1.29 is 14.3 Å². The highest BCUT2D eigenvalue weighted by molar-refractivity contribution is 6.05. The van der Waals surface area contributed by atoms with Gasteiger partial charge in [0, 0.05) is 30.0 Å². The number of anilines is 2. The highest BCUT2D eigenvalue weighted by Gasteiger charge is 2.17. The Labute approximate surface area is 161 Å². The number of rotatable bonds is 6. The molecule has 0 atom stereocenters. The first-order valence-electron chi connectivity index (χ1n) is 9.57. The number of benzene rings is 2. The average molecular weight is 368 g/mol. The molecule has 1 amide bonds. The second kappa shape index (κ2) is 8.80. The molecule has 0 aromatic heterocycles. The maximum atomic E-state index is 12.8. The summed E-state index contributed by atoms with van der Waals surface area (Å²) in [5.41, 5.74) is 3.54. The van der Waals surface area contributed by atoms with E-state index in [-0.39, 0.29) is 5.91 Å². The van der Waals surface area contributed by atoms with E-state index in [1.54, 1.807) is 20.3 Å². The first kappa shape index (κ1) is 19.1. The molecule has 3 rings (SSSR count). The van der Waals surface area contributed by atoms with E-state index in [9.17, 15) is 4.79 Å². The van der Waals surface area contributed by atoms with Crippen molar-refractivity contribution in [1.29, 1.82) is 0 Å². The van der Waals surface area contributed by atoms with Gasteiger partial charge < -0.3 is 19.7 Å². The Morgan fingerprint density at radius 2 is 1.63 bits per heavy atom. The molecule has 2 aromatic carbocycles. The molecule has 0 aliphatic carbocycles. The molecule has 0 radical (unpaired) electrons. The van der Waals surface area contributed by atoms with Crippen LogP contribution in [-0.2, 0) is 6.42 Å². The smallest absolute Gasteiger partial charge is 0.256 e. The van der Waals surface area contributed by atoms with Crippen molar-refractivity contribution in [3.05, 3.63) is 47.5 Å². The molecule has 5 nitrogen and oxygen atoms in total. The van der Waals surface area contributed by atoms with E-state index < -0.39 is 0 Å². The fourth-order valence-corrected chi connectivity index (χ4v) is 3.53. The second-order valence-corrected chi connectivity index (χ2v) is 6.77. The van der Waals surface area contributed by atoms with Crippen molar-refractivity contribution >= 4 is 17.3 Å². The van der Waals surface area contributed by atoms with Crippen molar-refractivity contribution in [3.8, 4) is 11.5 Å². The molecule has 0 spiro atoms. The van der Waals surface area contributed by atoms with Gasteiger partial charge in [-0.25, -0.2) is 0 Å². The number of nitrogens with zero attached hydrogens (tertiary/aromatic N) is 1. The first-order valence-corrected chi connectivity index (χ1v) is 9.57. The number of aryl methyl sites for hydroxylation is 1. The largest absolute Gasteiger partial charge is 0.493 e. The van der Waals surface area contributed by atoms with Crippen LogP contribution in [0, 0.1) is 0 Å². The number of hydrogen-bond acceptors (Lipinski definition) is 4. The zero-order valence-electron chi connectivity index (χ0n) is 16.4. The van der Waals surface area contributed by atoms with E-state index in [0.29, 0.717) is 17.1 Å². The minimum Gasteiger partial charge on any atom is -0.493 e. The topological polar surface area (TPSA) is 50.8 Å². The third-order valence-electron chi connectivity index (χ3n) is 5.08. The Morgan fingerprint density at radius 3 is 2.22 bits per heavy atom. The standard InChI is InChI=1S/C22H28N2O3/c1-4-16-14-20(26-2)21(27-3)15-19(16)22(25)23-17-8-10-18(11-9-17)24-12-6-5-7-13-24/h8-11,14-15H,4-7,12-13H2,1-3H3,(H,23,25). The van der Waals surface area contributed by atoms with Gasteiger partial charge in [-0.3, -0.25) is 4.79 Å². The first-order chi connectivity index (χ1) is 13.2. The molecule has 1 saturated heterocycles. The summed E-state index contributed by atoms with van der Waals surface area (Å²) in [6.45, 7) is 4.24. The minimum atomic E-state index is -0.140. The summed E-state index contributed by atoms with van der Waals surface area (Å²) in [5.74, 6) is 1.05. The Hall–Kier alpha value is -2.69. The molecule has 0 saturated carbocycles. The van der Waals surface area contributed by atoms with E-state index in [1.165, 1.54) is 24.9 Å². The molecule has 1 heterocycles. The maximum Gasteiger partial charge on any atom is 0.256 e. The molecular formula is C22H28N2O3. The summed E-state index contributed by atoms with van der Waals surface area (Å²) in [6.07, 6.45) is 4.54. The van der Waals surface area contributed by atoms with Gasteiger partial charge in [-0.05, 0) is 67.6 Å². The summed E-state index contributed by atoms with van der Waals surface area (Å²) >= 11 is 0. The summed E-state index contributed by atoms with van der Waals surface area (Å²) < 4.78 is 10.7. The number of amides is 1. The molecule has 0 bridgehead atoms. The van der Waals surface area contributed by atoms with Gasteiger partial charge >= 0.3 is 0 Å². The number of ether oxygens (including phenoxy) is 2. The maximum absolute atomic E-state index is 12.8. The number of carbonyl (C=O) groups is 1. The van der Waals surface area contributed by atoms with Crippen LogP contribution in [0.15, 0.2) is 36.4 Å². The number of carbonyl (C=O) groups excluding carboxylic acids is 1. The molecule has 1 aliphatic rings. The zero-order chi connectivity index (χ0) is 19.2. The van der Waals surface area contributed by atoms with Crippen LogP contribution >= 0.6 is 0 Å². The van der Waals surface area contributed by atoms with Gasteiger partial charge in [0.2, 0.25) is 0 Å². The number of methoxy groups -OCH3 is 2. The highest BCUT2D eigenvalue weighted by atomic mass is 16.5. The second-order valence-electron chi connectivity index (χ2n) is 6.77. The molecule has 1 N–H and O–H groups in total. The van der Waals surface area contributed by atoms with E-state index in [4.69, 9.17) is 9.47 Å². The lowest BCUT2D eigenvalue weighted by atomic mass is 10.0. The van der Waals surface area contributed by atoms with Gasteiger partial charge in [0.15, 0.2) is 11.5 Å². The van der Waals surface area contributed by atoms with Crippen molar-refractivity contribution in [2.75, 3.05) is 37.5 Å². The van der Waals surface area contributed by atoms with Crippen LogP contribution in [0.1, 0.15) is 42.1 Å². The predicted molar refractivity (Wildman–Crippen MR) is 109 cm³/mol. The van der Waals surface area contributed by atoms with Crippen molar-refractivity contribution in [3.63, 3.8) is 0 Å². The van der Waals surface area contributed by atoms with Crippen LogP contribution in [0.5, 0.6) is 11.5 Å². The summed E-state index contributed by atoms with van der Waals surface area (Å²) in [4.78, 5) is 15.2. The van der Waals surface area contributed by atoms with Crippen molar-refractivity contribution in [2.45, 2.75) is 32.6 Å². The number of nitrogens with one attached hydrogen (secondary N) is 1. The lowest BCUT2D eigenvalue weighted by Gasteiger charge is -2.28. The van der Waals surface area contributed by atoms with Crippen LogP contribution < -0.4 is 19.7 Å². The Bertz CT molecular complexity index is 781. The van der Waals surface area contributed by atoms with Gasteiger partial charge in [0.05, 0.1) is 14.2 Å². The highest BCUT2D eigenvalue weighted by Crippen LogP contribution is 2.31. The van der Waals surface area contributed by atoms with Gasteiger partial charge in [0.1, 0.15) is 0 Å². The normalized spacial score (nSPS) is 14.0. The summed E-state index contributed by atoms with van der Waals surface area (Å²) in [6, 6.07) is 11.7. The molecular weight excluding hydrogens is 340 g/mol. The van der Waals surface area contributed by atoms with Crippen LogP contribution in [0.3, 0.4) is 0 Å². The lowest BCUT2D eigenvalue weighted by Crippen LogP contribution is -2.29. The fraction of sp³-hybridized carbons (Fsp3) is 0.409. The molecule has 1 fully saturated rings. The van der Waals surface area contributed by atoms with Gasteiger partial charge in [-0.15, -0.1) is 0 Å². The van der Waals surface area contributed by atoms with E-state index in [0.717, 1.165) is 30.8 Å². The zero-order valence-corrected chi connectivity index (χ0v) is 16.4. The summed E-state index contributed by atoms with van der Waals surface area (Å²) in [7, 11) is 3.17. The molecule has 27 heavy (non-hydrogen) atoms. The van der Waals surface area contributed by atoms with E-state index >= 15 is 0 Å². The minimum absolute atomic E-state index is 0.140. The monoisotopic (exact) mass is 368 g/mol. The molecule has 1 aliphatic heterocycles. The molecule has 0 unspecified atom stereocenters. The van der Waals surface area contributed by atoms with Crippen molar-refractivity contribution in [2.24, 2.45) is 0 Å².